The maximum atomic E-state index is 14.9. The van der Waals surface area contributed by atoms with Crippen LogP contribution in [0.2, 0.25) is 0 Å². The van der Waals surface area contributed by atoms with Crippen LogP contribution in [0.15, 0.2) is 66.7 Å². The lowest BCUT2D eigenvalue weighted by Crippen LogP contribution is -2.03. The Labute approximate surface area is 218 Å². The van der Waals surface area contributed by atoms with Gasteiger partial charge < -0.3 is 14.6 Å². The molecule has 4 nitrogen and oxygen atoms in total. The molecule has 1 N–H and O–H groups in total. The number of benzene rings is 3. The lowest BCUT2D eigenvalue weighted by molar-refractivity contribution is -0.137. The number of rotatable bonds is 10. The highest BCUT2D eigenvalue weighted by Crippen LogP contribution is 2.33. The molecule has 0 unspecified atom stereocenters. The van der Waals surface area contributed by atoms with Crippen LogP contribution < -0.4 is 9.47 Å². The van der Waals surface area contributed by atoms with Gasteiger partial charge in [-0.05, 0) is 83.3 Å². The highest BCUT2D eigenvalue weighted by atomic mass is 19.1. The quantitative estimate of drug-likeness (QED) is 0.303. The van der Waals surface area contributed by atoms with Crippen molar-refractivity contribution in [2.24, 2.45) is 5.92 Å². The second-order valence-electron chi connectivity index (χ2n) is 9.88. The fraction of sp³-hybridized carbons (Fsp3) is 0.344. The van der Waals surface area contributed by atoms with Gasteiger partial charge in [-0.2, -0.15) is 0 Å². The monoisotopic (exact) mass is 502 g/mol. The second kappa shape index (κ2) is 12.6. The summed E-state index contributed by atoms with van der Waals surface area (Å²) in [6.07, 6.45) is 10.7. The Kier molecular flexibility index (Phi) is 8.99. The van der Waals surface area contributed by atoms with Crippen LogP contribution in [0.1, 0.15) is 68.1 Å². The molecule has 0 aliphatic heterocycles. The largest absolute Gasteiger partial charge is 0.497 e. The number of ether oxygens (including phenoxy) is 2. The van der Waals surface area contributed by atoms with E-state index in [1.807, 2.05) is 43.3 Å². The predicted molar refractivity (Wildman–Crippen MR) is 145 cm³/mol. The molecule has 1 aliphatic rings. The minimum Gasteiger partial charge on any atom is -0.497 e. The standard InChI is InChI=1S/C32H35FO4/c1-22(17-32(34)35)25-9-6-10-28(19-25)37-21-24-12-15-29(30-20-27(36-2)14-16-31(30)33)26(18-24)13-11-23-7-4-3-5-8-23/h6,9-16,18-20,22-23H,3-5,7-8,17,21H2,1-2H3,(H,34,35)/t22-/m0/s1. The number of allylic oxidation sites excluding steroid dienone is 1. The van der Waals surface area contributed by atoms with Crippen molar-refractivity contribution >= 4 is 12.0 Å². The minimum atomic E-state index is -0.819. The van der Waals surface area contributed by atoms with Gasteiger partial charge in [-0.1, -0.05) is 62.6 Å². The van der Waals surface area contributed by atoms with Gasteiger partial charge in [0.2, 0.25) is 0 Å². The van der Waals surface area contributed by atoms with E-state index in [0.29, 0.717) is 29.6 Å². The Hall–Kier alpha value is -3.60. The lowest BCUT2D eigenvalue weighted by Gasteiger charge is -2.18. The Morgan fingerprint density at radius 3 is 2.59 bits per heavy atom. The topological polar surface area (TPSA) is 55.8 Å². The molecule has 0 amide bonds. The van der Waals surface area contributed by atoms with E-state index in [9.17, 15) is 9.18 Å². The Balaban J connectivity index is 1.59. The molecule has 0 heterocycles. The molecule has 37 heavy (non-hydrogen) atoms. The van der Waals surface area contributed by atoms with E-state index in [4.69, 9.17) is 14.6 Å². The second-order valence-corrected chi connectivity index (χ2v) is 9.88. The number of carboxylic acids is 1. The molecule has 194 valence electrons. The number of hydrogen-bond acceptors (Lipinski definition) is 3. The molecule has 3 aromatic carbocycles. The molecule has 1 atom stereocenters. The van der Waals surface area contributed by atoms with E-state index in [-0.39, 0.29) is 18.2 Å². The van der Waals surface area contributed by atoms with Gasteiger partial charge in [-0.15, -0.1) is 0 Å². The van der Waals surface area contributed by atoms with Crippen molar-refractivity contribution in [3.63, 3.8) is 0 Å². The molecule has 1 aliphatic carbocycles. The van der Waals surface area contributed by atoms with Crippen LogP contribution in [0, 0.1) is 11.7 Å². The van der Waals surface area contributed by atoms with Crippen molar-refractivity contribution in [1.82, 2.24) is 0 Å². The lowest BCUT2D eigenvalue weighted by atomic mass is 9.88. The molecular weight excluding hydrogens is 467 g/mol. The maximum absolute atomic E-state index is 14.9. The molecule has 0 bridgehead atoms. The number of carboxylic acid groups (broad SMARTS) is 1. The van der Waals surface area contributed by atoms with Crippen molar-refractivity contribution < 1.29 is 23.8 Å². The highest BCUT2D eigenvalue weighted by Gasteiger charge is 2.14. The zero-order valence-corrected chi connectivity index (χ0v) is 21.6. The van der Waals surface area contributed by atoms with E-state index in [1.165, 1.54) is 38.2 Å². The molecule has 0 spiro atoms. The van der Waals surface area contributed by atoms with Crippen LogP contribution >= 0.6 is 0 Å². The van der Waals surface area contributed by atoms with Crippen LogP contribution in [0.25, 0.3) is 17.2 Å². The van der Waals surface area contributed by atoms with Gasteiger partial charge in [-0.3, -0.25) is 4.79 Å². The molecule has 0 aromatic heterocycles. The first-order valence-corrected chi connectivity index (χ1v) is 13.0. The average molecular weight is 503 g/mol. The SMILES string of the molecule is COc1ccc(F)c(-c2ccc(COc3cccc([C@@H](C)CC(=O)O)c3)cc2C=CC2CCCCC2)c1. The first-order valence-electron chi connectivity index (χ1n) is 13.0. The third-order valence-corrected chi connectivity index (χ3v) is 7.09. The van der Waals surface area contributed by atoms with E-state index in [2.05, 4.69) is 18.2 Å². The number of halogens is 1. The minimum absolute atomic E-state index is 0.0719. The predicted octanol–water partition coefficient (Wildman–Crippen LogP) is 8.25. The molecular formula is C32H35FO4. The van der Waals surface area contributed by atoms with Gasteiger partial charge in [0.25, 0.3) is 0 Å². The normalized spacial score (nSPS) is 15.0. The summed E-state index contributed by atoms with van der Waals surface area (Å²) in [6, 6.07) is 18.4. The van der Waals surface area contributed by atoms with Gasteiger partial charge in [0, 0.05) is 5.56 Å². The molecule has 3 aromatic rings. The van der Waals surface area contributed by atoms with Crippen molar-refractivity contribution in [3.8, 4) is 22.6 Å². The first kappa shape index (κ1) is 26.5. The third-order valence-electron chi connectivity index (χ3n) is 7.09. The summed E-state index contributed by atoms with van der Waals surface area (Å²) in [4.78, 5) is 11.1. The smallest absolute Gasteiger partial charge is 0.303 e. The summed E-state index contributed by atoms with van der Waals surface area (Å²) in [6.45, 7) is 2.25. The summed E-state index contributed by atoms with van der Waals surface area (Å²) in [5.74, 6) is 0.645. The molecule has 1 fully saturated rings. The van der Waals surface area contributed by atoms with Gasteiger partial charge in [0.1, 0.15) is 23.9 Å². The number of aliphatic carboxylic acids is 1. The molecule has 0 radical (unpaired) electrons. The van der Waals surface area contributed by atoms with Gasteiger partial charge in [-0.25, -0.2) is 4.39 Å². The number of methoxy groups -OCH3 is 1. The first-order chi connectivity index (χ1) is 17.9. The molecule has 1 saturated carbocycles. The Morgan fingerprint density at radius 1 is 1.03 bits per heavy atom. The van der Waals surface area contributed by atoms with Gasteiger partial charge in [0.15, 0.2) is 0 Å². The van der Waals surface area contributed by atoms with Crippen molar-refractivity contribution in [2.75, 3.05) is 7.11 Å². The van der Waals surface area contributed by atoms with Crippen molar-refractivity contribution in [3.05, 3.63) is 89.2 Å². The van der Waals surface area contributed by atoms with E-state index in [0.717, 1.165) is 22.3 Å². The van der Waals surface area contributed by atoms with E-state index < -0.39 is 5.97 Å². The van der Waals surface area contributed by atoms with Gasteiger partial charge in [0.05, 0.1) is 13.5 Å². The zero-order valence-electron chi connectivity index (χ0n) is 21.6. The fourth-order valence-electron chi connectivity index (χ4n) is 4.95. The Morgan fingerprint density at radius 2 is 1.84 bits per heavy atom. The Bertz CT molecular complexity index is 1240. The molecule has 5 heteroatoms. The molecule has 4 rings (SSSR count). The van der Waals surface area contributed by atoms with Crippen molar-refractivity contribution in [1.29, 1.82) is 0 Å². The van der Waals surface area contributed by atoms with Crippen LogP contribution in [-0.2, 0) is 11.4 Å². The molecule has 0 saturated heterocycles. The summed E-state index contributed by atoms with van der Waals surface area (Å²) in [7, 11) is 1.58. The number of carbonyl (C=O) groups is 1. The van der Waals surface area contributed by atoms with E-state index >= 15 is 0 Å². The van der Waals surface area contributed by atoms with Gasteiger partial charge >= 0.3 is 5.97 Å². The van der Waals surface area contributed by atoms with Crippen LogP contribution in [-0.4, -0.2) is 18.2 Å². The third kappa shape index (κ3) is 7.22. The maximum Gasteiger partial charge on any atom is 0.303 e. The summed E-state index contributed by atoms with van der Waals surface area (Å²) in [5.41, 5.74) is 4.17. The summed E-state index contributed by atoms with van der Waals surface area (Å²) < 4.78 is 26.3. The average Bonchev–Trinajstić information content (AvgIpc) is 2.91. The summed E-state index contributed by atoms with van der Waals surface area (Å²) >= 11 is 0. The fourth-order valence-corrected chi connectivity index (χ4v) is 4.95. The summed E-state index contributed by atoms with van der Waals surface area (Å²) in [5, 5.41) is 9.10. The zero-order chi connectivity index (χ0) is 26.2. The van der Waals surface area contributed by atoms with E-state index in [1.54, 1.807) is 19.2 Å². The van der Waals surface area contributed by atoms with Crippen LogP contribution in [0.3, 0.4) is 0 Å². The number of hydrogen-bond donors (Lipinski definition) is 1. The van der Waals surface area contributed by atoms with Crippen LogP contribution in [0.5, 0.6) is 11.5 Å². The highest BCUT2D eigenvalue weighted by molar-refractivity contribution is 5.77. The van der Waals surface area contributed by atoms with Crippen molar-refractivity contribution in [2.45, 2.75) is 58.0 Å². The van der Waals surface area contributed by atoms with Crippen LogP contribution in [0.4, 0.5) is 4.39 Å².